The molecule has 0 aliphatic heterocycles. The minimum absolute atomic E-state index is 0.0350. The van der Waals surface area contributed by atoms with Crippen LogP contribution in [0.15, 0.2) is 12.2 Å². The van der Waals surface area contributed by atoms with Gasteiger partial charge in [0, 0.05) is 17.8 Å². The van der Waals surface area contributed by atoms with Gasteiger partial charge in [-0.25, -0.2) is 0 Å². The van der Waals surface area contributed by atoms with Crippen molar-refractivity contribution in [2.24, 2.45) is 34.0 Å². The zero-order valence-corrected chi connectivity index (χ0v) is 16.8. The van der Waals surface area contributed by atoms with E-state index in [1.165, 1.54) is 6.92 Å². The Morgan fingerprint density at radius 2 is 1.89 bits per heavy atom. The third-order valence-corrected chi connectivity index (χ3v) is 9.21. The van der Waals surface area contributed by atoms with Crippen molar-refractivity contribution in [2.45, 2.75) is 77.6 Å². The summed E-state index contributed by atoms with van der Waals surface area (Å²) < 4.78 is 5.79. The zero-order chi connectivity index (χ0) is 19.8. The standard InChI is InChI=1S/C22H34O5/c1-12-14-5-6-15-20(3)8-7-17(25)21(4,11-23)16(20)9-18(26)22(15,10-14)19(12)27-13(2)24/h14-19,23,25-26H,1,5-11H2,2-4H3/t14-,15+,16+,17-,18+,19+,20+,21-,22-/m1/s1. The maximum absolute atomic E-state index is 11.9. The van der Waals surface area contributed by atoms with Crippen LogP contribution in [0.4, 0.5) is 0 Å². The fourth-order valence-electron chi connectivity index (χ4n) is 7.86. The van der Waals surface area contributed by atoms with Crippen LogP contribution in [0, 0.1) is 34.0 Å². The van der Waals surface area contributed by atoms with Crippen molar-refractivity contribution in [3.63, 3.8) is 0 Å². The molecular formula is C22H34O5. The van der Waals surface area contributed by atoms with Gasteiger partial charge in [0.1, 0.15) is 6.10 Å². The molecule has 0 heterocycles. The fourth-order valence-corrected chi connectivity index (χ4v) is 7.86. The maximum atomic E-state index is 11.9. The molecule has 0 amide bonds. The Hall–Kier alpha value is -0.910. The van der Waals surface area contributed by atoms with Gasteiger partial charge in [-0.1, -0.05) is 20.4 Å². The molecule has 27 heavy (non-hydrogen) atoms. The largest absolute Gasteiger partial charge is 0.457 e. The van der Waals surface area contributed by atoms with Gasteiger partial charge in [-0.2, -0.15) is 0 Å². The number of carbonyl (C=O) groups is 1. The molecule has 0 radical (unpaired) electrons. The number of aliphatic hydroxyl groups is 3. The Balaban J connectivity index is 1.81. The third kappa shape index (κ3) is 2.31. The molecule has 5 heteroatoms. The van der Waals surface area contributed by atoms with Gasteiger partial charge < -0.3 is 20.1 Å². The van der Waals surface area contributed by atoms with E-state index >= 15 is 0 Å². The molecule has 2 bridgehead atoms. The first-order chi connectivity index (χ1) is 12.6. The van der Waals surface area contributed by atoms with Crippen LogP contribution in [-0.2, 0) is 9.53 Å². The number of fused-ring (bicyclic) bond motifs is 3. The summed E-state index contributed by atoms with van der Waals surface area (Å²) in [4.78, 5) is 11.9. The normalized spacial score (nSPS) is 54.2. The van der Waals surface area contributed by atoms with Gasteiger partial charge >= 0.3 is 5.97 Å². The second-order valence-corrected chi connectivity index (χ2v) is 10.2. The van der Waals surface area contributed by atoms with Crippen molar-refractivity contribution in [3.05, 3.63) is 12.2 Å². The Labute approximate surface area is 161 Å². The first-order valence-electron chi connectivity index (χ1n) is 10.4. The molecule has 9 atom stereocenters. The molecule has 4 rings (SSSR count). The average Bonchev–Trinajstić information content (AvgIpc) is 2.83. The summed E-state index contributed by atoms with van der Waals surface area (Å²) in [5.74, 6) is 0.212. The quantitative estimate of drug-likeness (QED) is 0.507. The van der Waals surface area contributed by atoms with E-state index < -0.39 is 29.1 Å². The number of hydrogen-bond acceptors (Lipinski definition) is 5. The van der Waals surface area contributed by atoms with Gasteiger partial charge in [0.2, 0.25) is 0 Å². The van der Waals surface area contributed by atoms with E-state index in [0.29, 0.717) is 18.8 Å². The van der Waals surface area contributed by atoms with E-state index in [4.69, 9.17) is 4.74 Å². The predicted molar refractivity (Wildman–Crippen MR) is 101 cm³/mol. The monoisotopic (exact) mass is 378 g/mol. The number of carbonyl (C=O) groups excluding carboxylic acids is 1. The van der Waals surface area contributed by atoms with E-state index in [2.05, 4.69) is 13.5 Å². The predicted octanol–water partition coefficient (Wildman–Crippen LogP) is 2.43. The van der Waals surface area contributed by atoms with Crippen LogP contribution >= 0.6 is 0 Å². The van der Waals surface area contributed by atoms with Crippen molar-refractivity contribution in [1.82, 2.24) is 0 Å². The van der Waals surface area contributed by atoms with E-state index in [1.807, 2.05) is 6.92 Å². The summed E-state index contributed by atoms with van der Waals surface area (Å²) >= 11 is 0. The molecule has 4 saturated carbocycles. The third-order valence-electron chi connectivity index (χ3n) is 9.21. The Bertz CT molecular complexity index is 661. The van der Waals surface area contributed by atoms with Crippen molar-refractivity contribution < 1.29 is 24.9 Å². The van der Waals surface area contributed by atoms with Crippen LogP contribution in [-0.4, -0.2) is 46.2 Å². The van der Waals surface area contributed by atoms with Crippen molar-refractivity contribution >= 4 is 5.97 Å². The first-order valence-corrected chi connectivity index (χ1v) is 10.4. The summed E-state index contributed by atoms with van der Waals surface area (Å²) in [5, 5.41) is 32.3. The van der Waals surface area contributed by atoms with E-state index in [1.54, 1.807) is 0 Å². The lowest BCUT2D eigenvalue weighted by Gasteiger charge is -2.66. The highest BCUT2D eigenvalue weighted by Gasteiger charge is 2.71. The Morgan fingerprint density at radius 3 is 2.52 bits per heavy atom. The number of esters is 1. The summed E-state index contributed by atoms with van der Waals surface area (Å²) in [7, 11) is 0. The minimum atomic E-state index is -0.622. The van der Waals surface area contributed by atoms with E-state index in [0.717, 1.165) is 31.3 Å². The summed E-state index contributed by atoms with van der Waals surface area (Å²) in [6.07, 6.45) is 3.28. The molecule has 0 aromatic carbocycles. The second-order valence-electron chi connectivity index (χ2n) is 10.2. The van der Waals surface area contributed by atoms with Crippen molar-refractivity contribution in [3.8, 4) is 0 Å². The molecule has 0 aromatic heterocycles. The van der Waals surface area contributed by atoms with Crippen LogP contribution in [0.5, 0.6) is 0 Å². The molecule has 3 N–H and O–H groups in total. The number of rotatable bonds is 2. The van der Waals surface area contributed by atoms with Gasteiger partial charge in [0.05, 0.1) is 18.8 Å². The van der Waals surface area contributed by atoms with Gasteiger partial charge in [-0.05, 0) is 67.3 Å². The smallest absolute Gasteiger partial charge is 0.303 e. The first kappa shape index (κ1) is 19.4. The van der Waals surface area contributed by atoms with Crippen LogP contribution in [0.3, 0.4) is 0 Å². The highest BCUT2D eigenvalue weighted by molar-refractivity contribution is 5.67. The number of aliphatic hydroxyl groups excluding tert-OH is 3. The second kappa shape index (κ2) is 6.04. The van der Waals surface area contributed by atoms with Crippen LogP contribution in [0.25, 0.3) is 0 Å². The topological polar surface area (TPSA) is 87.0 Å². The lowest BCUT2D eigenvalue weighted by Crippen LogP contribution is -2.67. The molecule has 152 valence electrons. The number of ether oxygens (including phenoxy) is 1. The lowest BCUT2D eigenvalue weighted by molar-refractivity contribution is -0.247. The summed E-state index contributed by atoms with van der Waals surface area (Å²) in [5.41, 5.74) is -0.229. The molecular weight excluding hydrogens is 344 g/mol. The molecule has 4 fully saturated rings. The van der Waals surface area contributed by atoms with Crippen LogP contribution in [0.2, 0.25) is 0 Å². The Morgan fingerprint density at radius 1 is 1.19 bits per heavy atom. The SMILES string of the molecule is C=C1[C@@H]2CC[C@H]3[C@]4(C)CC[C@@H](O)[C@](C)(CO)[C@H]4C[C@H](O)[C@]3(C2)[C@H]1OC(C)=O. The molecule has 1 spiro atoms. The van der Waals surface area contributed by atoms with Crippen molar-refractivity contribution in [1.29, 1.82) is 0 Å². The average molecular weight is 379 g/mol. The minimum Gasteiger partial charge on any atom is -0.457 e. The van der Waals surface area contributed by atoms with Crippen LogP contribution < -0.4 is 0 Å². The zero-order valence-electron chi connectivity index (χ0n) is 16.8. The highest BCUT2D eigenvalue weighted by Crippen LogP contribution is 2.72. The van der Waals surface area contributed by atoms with Crippen LogP contribution in [0.1, 0.15) is 59.3 Å². The van der Waals surface area contributed by atoms with Gasteiger partial charge in [0.15, 0.2) is 0 Å². The van der Waals surface area contributed by atoms with Gasteiger partial charge in [-0.15, -0.1) is 0 Å². The fraction of sp³-hybridized carbons (Fsp3) is 0.864. The van der Waals surface area contributed by atoms with Gasteiger partial charge in [-0.3, -0.25) is 4.79 Å². The summed E-state index contributed by atoms with van der Waals surface area (Å²) in [6.45, 7) is 9.86. The summed E-state index contributed by atoms with van der Waals surface area (Å²) in [6, 6.07) is 0. The molecule has 0 saturated heterocycles. The molecule has 5 nitrogen and oxygen atoms in total. The van der Waals surface area contributed by atoms with E-state index in [9.17, 15) is 20.1 Å². The molecule has 0 aromatic rings. The van der Waals surface area contributed by atoms with Gasteiger partial charge in [0.25, 0.3) is 0 Å². The molecule has 4 aliphatic carbocycles. The lowest BCUT2D eigenvalue weighted by atomic mass is 9.39. The Kier molecular flexibility index (Phi) is 4.34. The highest BCUT2D eigenvalue weighted by atomic mass is 16.5. The number of hydrogen-bond donors (Lipinski definition) is 3. The van der Waals surface area contributed by atoms with Crippen molar-refractivity contribution in [2.75, 3.05) is 6.61 Å². The van der Waals surface area contributed by atoms with E-state index in [-0.39, 0.29) is 29.8 Å². The molecule has 4 aliphatic rings. The molecule has 0 unspecified atom stereocenters. The maximum Gasteiger partial charge on any atom is 0.303 e.